The Morgan fingerprint density at radius 3 is 2.57 bits per heavy atom. The zero-order chi connectivity index (χ0) is 10.8. The molecule has 0 radical (unpaired) electrons. The molecule has 7 heteroatoms. The number of hydrogen-bond acceptors (Lipinski definition) is 4. The van der Waals surface area contributed by atoms with Crippen LogP contribution in [0.3, 0.4) is 0 Å². The molecule has 0 heterocycles. The molecule has 0 unspecified atom stereocenters. The molecular formula is C7H8NO4PS. The Balaban J connectivity index is 2.98. The van der Waals surface area contributed by atoms with Gasteiger partial charge in [-0.25, -0.2) is 0 Å². The highest BCUT2D eigenvalue weighted by molar-refractivity contribution is 8.06. The van der Waals surface area contributed by atoms with Gasteiger partial charge in [0.15, 0.2) is 0 Å². The van der Waals surface area contributed by atoms with Gasteiger partial charge in [-0.3, -0.25) is 0 Å². The molecular weight excluding hydrogens is 225 g/mol. The van der Waals surface area contributed by atoms with Crippen LogP contribution in [0.15, 0.2) is 23.4 Å². The highest BCUT2D eigenvalue weighted by atomic mass is 32.5. The largest absolute Gasteiger partial charge is 0.424 e. The quantitative estimate of drug-likeness (QED) is 0.616. The van der Waals surface area contributed by atoms with E-state index in [1.54, 1.807) is 6.92 Å². The van der Waals surface area contributed by atoms with E-state index in [9.17, 15) is 4.91 Å². The molecule has 0 saturated heterocycles. The van der Waals surface area contributed by atoms with Crippen LogP contribution in [0.1, 0.15) is 5.56 Å². The molecule has 1 rings (SSSR count). The van der Waals surface area contributed by atoms with Crippen LogP contribution < -0.4 is 4.52 Å². The Hall–Kier alpha value is -0.810. The first-order chi connectivity index (χ1) is 6.42. The zero-order valence-corrected chi connectivity index (χ0v) is 8.96. The molecule has 0 saturated carbocycles. The second-order valence-electron chi connectivity index (χ2n) is 2.62. The van der Waals surface area contributed by atoms with E-state index in [2.05, 4.69) is 21.5 Å². The standard InChI is InChI=1S/C7H8NO4PS/c1-5-4-6(12-13(10,11)14)2-3-7(5)8-9/h2-4H,1H3,(H2,10,11,14). The summed E-state index contributed by atoms with van der Waals surface area (Å²) >= 11 is 4.29. The normalized spacial score (nSPS) is 11.1. The zero-order valence-electron chi connectivity index (χ0n) is 7.25. The molecule has 76 valence electrons. The third kappa shape index (κ3) is 3.16. The van der Waals surface area contributed by atoms with Crippen LogP contribution in [0.25, 0.3) is 0 Å². The van der Waals surface area contributed by atoms with Gasteiger partial charge in [0, 0.05) is 11.8 Å². The predicted octanol–water partition coefficient (Wildman–Crippen LogP) is 1.98. The Morgan fingerprint density at radius 1 is 1.50 bits per heavy atom. The molecule has 0 bridgehead atoms. The summed E-state index contributed by atoms with van der Waals surface area (Å²) in [5.74, 6) is 0.211. The number of aryl methyl sites for hydroxylation is 1. The summed E-state index contributed by atoms with van der Waals surface area (Å²) in [6.07, 6.45) is 0. The van der Waals surface area contributed by atoms with Crippen LogP contribution in [0, 0.1) is 11.8 Å². The number of nitroso groups, excluding NO2 is 1. The van der Waals surface area contributed by atoms with Crippen molar-refractivity contribution >= 4 is 24.2 Å². The first-order valence-corrected chi connectivity index (χ1v) is 6.24. The van der Waals surface area contributed by atoms with Crippen LogP contribution in [0.5, 0.6) is 5.75 Å². The van der Waals surface area contributed by atoms with Crippen LogP contribution >= 0.6 is 6.72 Å². The van der Waals surface area contributed by atoms with Crippen molar-refractivity contribution in [2.75, 3.05) is 0 Å². The maximum atomic E-state index is 10.2. The van der Waals surface area contributed by atoms with Gasteiger partial charge in [-0.2, -0.15) is 0 Å². The Morgan fingerprint density at radius 2 is 2.14 bits per heavy atom. The second kappa shape index (κ2) is 4.14. The molecule has 0 aliphatic carbocycles. The highest BCUT2D eigenvalue weighted by Gasteiger charge is 2.10. The molecule has 0 aliphatic heterocycles. The third-order valence-corrected chi connectivity index (χ3v) is 2.16. The number of nitrogens with zero attached hydrogens (tertiary/aromatic N) is 1. The van der Waals surface area contributed by atoms with Crippen LogP contribution in [0.4, 0.5) is 5.69 Å². The van der Waals surface area contributed by atoms with E-state index in [1.807, 2.05) is 0 Å². The van der Waals surface area contributed by atoms with E-state index in [0.29, 0.717) is 5.56 Å². The minimum absolute atomic E-state index is 0.211. The number of rotatable bonds is 3. The van der Waals surface area contributed by atoms with Crippen molar-refractivity contribution in [1.82, 2.24) is 0 Å². The lowest BCUT2D eigenvalue weighted by Crippen LogP contribution is -1.89. The van der Waals surface area contributed by atoms with Gasteiger partial charge in [-0.05, 0) is 35.9 Å². The summed E-state index contributed by atoms with van der Waals surface area (Å²) in [5.41, 5.74) is 0.863. The van der Waals surface area contributed by atoms with Crippen molar-refractivity contribution in [2.24, 2.45) is 5.18 Å². The molecule has 1 aromatic carbocycles. The van der Waals surface area contributed by atoms with Gasteiger partial charge in [-0.1, -0.05) is 0 Å². The van der Waals surface area contributed by atoms with Crippen molar-refractivity contribution in [3.63, 3.8) is 0 Å². The van der Waals surface area contributed by atoms with Gasteiger partial charge < -0.3 is 14.3 Å². The van der Waals surface area contributed by atoms with E-state index in [-0.39, 0.29) is 11.4 Å². The smallest absolute Gasteiger partial charge is 0.375 e. The fourth-order valence-corrected chi connectivity index (χ4v) is 1.57. The molecule has 2 N–H and O–H groups in total. The molecule has 0 aliphatic rings. The Kier molecular flexibility index (Phi) is 3.34. The first-order valence-electron chi connectivity index (χ1n) is 3.61. The second-order valence-corrected chi connectivity index (χ2v) is 5.21. The predicted molar refractivity (Wildman–Crippen MR) is 56.0 cm³/mol. The fourth-order valence-electron chi connectivity index (χ4n) is 0.924. The molecule has 0 fully saturated rings. The van der Waals surface area contributed by atoms with Crippen molar-refractivity contribution in [2.45, 2.75) is 6.92 Å². The summed E-state index contributed by atoms with van der Waals surface area (Å²) in [6.45, 7) is -2.05. The van der Waals surface area contributed by atoms with E-state index in [4.69, 9.17) is 9.79 Å². The average Bonchev–Trinajstić information content (AvgIpc) is 2.01. The number of hydrogen-bond donors (Lipinski definition) is 2. The topological polar surface area (TPSA) is 79.1 Å². The van der Waals surface area contributed by atoms with E-state index in [0.717, 1.165) is 0 Å². The highest BCUT2D eigenvalue weighted by Crippen LogP contribution is 2.39. The molecule has 5 nitrogen and oxygen atoms in total. The molecule has 0 atom stereocenters. The van der Waals surface area contributed by atoms with Crippen molar-refractivity contribution in [3.05, 3.63) is 28.7 Å². The first kappa shape index (κ1) is 11.3. The molecule has 0 aromatic heterocycles. The summed E-state index contributed by atoms with van der Waals surface area (Å²) in [7, 11) is 0. The maximum absolute atomic E-state index is 10.2. The average molecular weight is 233 g/mol. The van der Waals surface area contributed by atoms with Gasteiger partial charge in [0.05, 0.1) is 0 Å². The van der Waals surface area contributed by atoms with Crippen LogP contribution in [-0.2, 0) is 11.8 Å². The van der Waals surface area contributed by atoms with Crippen molar-refractivity contribution < 1.29 is 14.3 Å². The minimum atomic E-state index is -3.71. The lowest BCUT2D eigenvalue weighted by molar-refractivity contribution is 0.370. The van der Waals surface area contributed by atoms with Crippen molar-refractivity contribution in [1.29, 1.82) is 0 Å². The van der Waals surface area contributed by atoms with Gasteiger partial charge in [0.2, 0.25) is 0 Å². The fraction of sp³-hybridized carbons (Fsp3) is 0.143. The lowest BCUT2D eigenvalue weighted by atomic mass is 10.2. The minimum Gasteiger partial charge on any atom is -0.424 e. The van der Waals surface area contributed by atoms with Gasteiger partial charge in [-0.15, -0.1) is 4.91 Å². The molecule has 0 amide bonds. The Bertz CT molecular complexity index is 403. The van der Waals surface area contributed by atoms with Gasteiger partial charge in [0.1, 0.15) is 11.4 Å². The third-order valence-electron chi connectivity index (χ3n) is 1.49. The maximum Gasteiger partial charge on any atom is 0.375 e. The van der Waals surface area contributed by atoms with Crippen LogP contribution in [-0.4, -0.2) is 9.79 Å². The molecule has 1 aromatic rings. The van der Waals surface area contributed by atoms with E-state index < -0.39 is 6.72 Å². The summed E-state index contributed by atoms with van der Waals surface area (Å²) in [4.78, 5) is 27.9. The monoisotopic (exact) mass is 233 g/mol. The summed E-state index contributed by atoms with van der Waals surface area (Å²) in [5, 5.41) is 2.76. The number of benzene rings is 1. The summed E-state index contributed by atoms with van der Waals surface area (Å²) in [6, 6.07) is 4.28. The van der Waals surface area contributed by atoms with Crippen molar-refractivity contribution in [3.8, 4) is 5.75 Å². The van der Waals surface area contributed by atoms with E-state index in [1.165, 1.54) is 18.2 Å². The molecule has 14 heavy (non-hydrogen) atoms. The SMILES string of the molecule is Cc1cc(OP(O)(O)=S)ccc1N=O. The molecule has 0 spiro atoms. The van der Waals surface area contributed by atoms with Gasteiger partial charge in [0.25, 0.3) is 0 Å². The van der Waals surface area contributed by atoms with Crippen LogP contribution in [0.2, 0.25) is 0 Å². The Labute approximate surface area is 85.6 Å². The van der Waals surface area contributed by atoms with E-state index >= 15 is 0 Å². The van der Waals surface area contributed by atoms with Gasteiger partial charge >= 0.3 is 6.72 Å². The lowest BCUT2D eigenvalue weighted by Gasteiger charge is -2.10. The summed E-state index contributed by atoms with van der Waals surface area (Å²) < 4.78 is 4.68.